The maximum absolute atomic E-state index is 13.0. The molecule has 136 valence electrons. The number of fused-ring (bicyclic) bond motifs is 1. The summed E-state index contributed by atoms with van der Waals surface area (Å²) in [6.45, 7) is 1.84. The molecule has 3 nitrogen and oxygen atoms in total. The van der Waals surface area contributed by atoms with Crippen LogP contribution in [0, 0.1) is 12.3 Å². The number of nitrogens with zero attached hydrogens (tertiary/aromatic N) is 1. The monoisotopic (exact) mass is 357 g/mol. The summed E-state index contributed by atoms with van der Waals surface area (Å²) in [7, 11) is 0. The molecule has 1 heterocycles. The van der Waals surface area contributed by atoms with Crippen LogP contribution in [-0.4, -0.2) is 16.1 Å². The number of carbonyl (C=O) groups is 1. The van der Waals surface area contributed by atoms with Gasteiger partial charge in [0.15, 0.2) is 0 Å². The molecule has 1 N–H and O–H groups in total. The highest BCUT2D eigenvalue weighted by Crippen LogP contribution is 2.57. The normalized spacial score (nSPS) is 18.4. The number of alkyl halides is 2. The second kappa shape index (κ2) is 6.15. The molecule has 0 radical (unpaired) electrons. The van der Waals surface area contributed by atoms with Gasteiger partial charge >= 0.3 is 5.97 Å². The maximum Gasteiger partial charge on any atom is 0.307 e. The number of benzene rings is 1. The van der Waals surface area contributed by atoms with E-state index in [4.69, 9.17) is 0 Å². The van der Waals surface area contributed by atoms with Gasteiger partial charge in [0.1, 0.15) is 5.69 Å². The lowest BCUT2D eigenvalue weighted by atomic mass is 9.80. The van der Waals surface area contributed by atoms with Crippen LogP contribution in [0.2, 0.25) is 0 Å². The van der Waals surface area contributed by atoms with Crippen molar-refractivity contribution in [1.29, 1.82) is 0 Å². The average Bonchev–Trinajstić information content (AvgIpc) is 3.35. The summed E-state index contributed by atoms with van der Waals surface area (Å²) in [5, 5.41) is 10.1. The number of carboxylic acids is 1. The molecule has 26 heavy (non-hydrogen) atoms. The van der Waals surface area contributed by atoms with E-state index in [2.05, 4.69) is 11.1 Å². The van der Waals surface area contributed by atoms with Gasteiger partial charge in [-0.3, -0.25) is 4.79 Å². The van der Waals surface area contributed by atoms with Crippen LogP contribution in [0.25, 0.3) is 16.5 Å². The Bertz CT molecular complexity index is 929. The lowest BCUT2D eigenvalue weighted by Gasteiger charge is -2.24. The van der Waals surface area contributed by atoms with E-state index < -0.39 is 12.4 Å². The Balaban J connectivity index is 1.91. The molecule has 1 aromatic heterocycles. The van der Waals surface area contributed by atoms with Gasteiger partial charge in [-0.1, -0.05) is 12.1 Å². The molecule has 0 atom stereocenters. The molecule has 0 saturated heterocycles. The molecule has 2 aromatic rings. The van der Waals surface area contributed by atoms with E-state index in [9.17, 15) is 18.7 Å². The molecule has 0 bridgehead atoms. The molecule has 5 heteroatoms. The largest absolute Gasteiger partial charge is 0.481 e. The smallest absolute Gasteiger partial charge is 0.307 e. The third-order valence-electron chi connectivity index (χ3n) is 5.88. The number of aryl methyl sites for hydroxylation is 1. The number of carboxylic acid groups (broad SMARTS) is 1. The van der Waals surface area contributed by atoms with Crippen LogP contribution in [0.15, 0.2) is 24.3 Å². The standard InChI is InChI=1S/C21H21F2NO2/c1-12-10-17-14(2-3-16(24-17)20(22)23)19(15(12)11-18(25)26)13-4-6-21(7-5-13)8-9-21/h2-4,10,20H,5-9,11H2,1H3,(H,25,26). The van der Waals surface area contributed by atoms with Crippen molar-refractivity contribution in [3.8, 4) is 0 Å². The molecule has 1 fully saturated rings. The molecular weight excluding hydrogens is 336 g/mol. The summed E-state index contributed by atoms with van der Waals surface area (Å²) in [5.74, 6) is -0.888. The number of aliphatic carboxylic acids is 1. The average molecular weight is 357 g/mol. The zero-order valence-corrected chi connectivity index (χ0v) is 14.7. The minimum Gasteiger partial charge on any atom is -0.481 e. The molecule has 0 amide bonds. The highest BCUT2D eigenvalue weighted by atomic mass is 19.3. The first-order valence-electron chi connectivity index (χ1n) is 9.01. The highest BCUT2D eigenvalue weighted by molar-refractivity contribution is 5.95. The first kappa shape index (κ1) is 17.1. The van der Waals surface area contributed by atoms with Crippen LogP contribution in [-0.2, 0) is 11.2 Å². The van der Waals surface area contributed by atoms with E-state index >= 15 is 0 Å². The van der Waals surface area contributed by atoms with Crippen molar-refractivity contribution in [1.82, 2.24) is 4.98 Å². The number of halogens is 2. The minimum atomic E-state index is -2.62. The molecule has 1 saturated carbocycles. The predicted molar refractivity (Wildman–Crippen MR) is 96.3 cm³/mol. The first-order chi connectivity index (χ1) is 12.4. The maximum atomic E-state index is 13.0. The molecule has 2 aliphatic carbocycles. The Morgan fingerprint density at radius 1 is 1.31 bits per heavy atom. The lowest BCUT2D eigenvalue weighted by molar-refractivity contribution is -0.136. The lowest BCUT2D eigenvalue weighted by Crippen LogP contribution is -2.11. The van der Waals surface area contributed by atoms with Gasteiger partial charge in [0, 0.05) is 5.39 Å². The van der Waals surface area contributed by atoms with Crippen molar-refractivity contribution >= 4 is 22.4 Å². The molecule has 4 rings (SSSR count). The molecule has 0 unspecified atom stereocenters. The van der Waals surface area contributed by atoms with E-state index in [0.717, 1.165) is 46.9 Å². The molecule has 1 aromatic carbocycles. The fraction of sp³-hybridized carbons (Fsp3) is 0.429. The summed E-state index contributed by atoms with van der Waals surface area (Å²) in [5.41, 5.74) is 4.33. The summed E-state index contributed by atoms with van der Waals surface area (Å²) in [4.78, 5) is 15.5. The SMILES string of the molecule is Cc1cc2nc(C(F)F)ccc2c(C2=CCC3(CC2)CC3)c1CC(=O)O. The number of pyridine rings is 1. The summed E-state index contributed by atoms with van der Waals surface area (Å²) >= 11 is 0. The fourth-order valence-electron chi connectivity index (χ4n) is 4.13. The fourth-order valence-corrected chi connectivity index (χ4v) is 4.13. The zero-order chi connectivity index (χ0) is 18.5. The number of hydrogen-bond donors (Lipinski definition) is 1. The zero-order valence-electron chi connectivity index (χ0n) is 14.7. The summed E-state index contributed by atoms with van der Waals surface area (Å²) in [6.07, 6.45) is 5.12. The van der Waals surface area contributed by atoms with Crippen molar-refractivity contribution in [2.45, 2.75) is 51.9 Å². The number of hydrogen-bond acceptors (Lipinski definition) is 2. The van der Waals surface area contributed by atoms with E-state index in [1.165, 1.54) is 18.9 Å². The van der Waals surface area contributed by atoms with Crippen LogP contribution in [0.3, 0.4) is 0 Å². The van der Waals surface area contributed by atoms with Gasteiger partial charge < -0.3 is 5.11 Å². The quantitative estimate of drug-likeness (QED) is 0.791. The third-order valence-corrected chi connectivity index (χ3v) is 5.88. The third kappa shape index (κ3) is 3.00. The van der Waals surface area contributed by atoms with E-state index in [1.807, 2.05) is 6.92 Å². The Labute approximate surface area is 150 Å². The van der Waals surface area contributed by atoms with Crippen LogP contribution in [0.4, 0.5) is 8.78 Å². The van der Waals surface area contributed by atoms with Gasteiger partial charge in [0.2, 0.25) is 0 Å². The summed E-state index contributed by atoms with van der Waals surface area (Å²) in [6, 6.07) is 4.75. The molecular formula is C21H21F2NO2. The summed E-state index contributed by atoms with van der Waals surface area (Å²) < 4.78 is 26.1. The second-order valence-electron chi connectivity index (χ2n) is 7.65. The van der Waals surface area contributed by atoms with Gasteiger partial charge in [0.25, 0.3) is 6.43 Å². The van der Waals surface area contributed by atoms with Crippen LogP contribution in [0.1, 0.15) is 60.9 Å². The van der Waals surface area contributed by atoms with Crippen LogP contribution < -0.4 is 0 Å². The Hall–Kier alpha value is -2.30. The Morgan fingerprint density at radius 3 is 2.65 bits per heavy atom. The topological polar surface area (TPSA) is 50.2 Å². The van der Waals surface area contributed by atoms with Crippen molar-refractivity contribution in [2.24, 2.45) is 5.41 Å². The van der Waals surface area contributed by atoms with Crippen LogP contribution >= 0.6 is 0 Å². The minimum absolute atomic E-state index is 0.0732. The van der Waals surface area contributed by atoms with Crippen molar-refractivity contribution < 1.29 is 18.7 Å². The van der Waals surface area contributed by atoms with Crippen molar-refractivity contribution in [2.75, 3.05) is 0 Å². The number of rotatable bonds is 4. The predicted octanol–water partition coefficient (Wildman–Crippen LogP) is 5.46. The Morgan fingerprint density at radius 2 is 2.08 bits per heavy atom. The van der Waals surface area contributed by atoms with E-state index in [-0.39, 0.29) is 12.1 Å². The highest BCUT2D eigenvalue weighted by Gasteiger charge is 2.43. The van der Waals surface area contributed by atoms with Gasteiger partial charge in [-0.15, -0.1) is 0 Å². The first-order valence-corrected chi connectivity index (χ1v) is 9.01. The molecule has 0 aliphatic heterocycles. The van der Waals surface area contributed by atoms with Gasteiger partial charge in [-0.2, -0.15) is 0 Å². The second-order valence-corrected chi connectivity index (χ2v) is 7.65. The van der Waals surface area contributed by atoms with Gasteiger partial charge in [-0.25, -0.2) is 13.8 Å². The number of aromatic nitrogens is 1. The molecule has 2 aliphatic rings. The van der Waals surface area contributed by atoms with Gasteiger partial charge in [0.05, 0.1) is 11.9 Å². The molecule has 1 spiro atoms. The number of allylic oxidation sites excluding steroid dienone is 2. The van der Waals surface area contributed by atoms with Gasteiger partial charge in [-0.05, 0) is 78.8 Å². The van der Waals surface area contributed by atoms with Crippen LogP contribution in [0.5, 0.6) is 0 Å². The van der Waals surface area contributed by atoms with E-state index in [0.29, 0.717) is 10.9 Å². The van der Waals surface area contributed by atoms with Crippen molar-refractivity contribution in [3.05, 3.63) is 46.7 Å². The van der Waals surface area contributed by atoms with Crippen molar-refractivity contribution in [3.63, 3.8) is 0 Å². The van der Waals surface area contributed by atoms with E-state index in [1.54, 1.807) is 12.1 Å². The Kier molecular flexibility index (Phi) is 4.05.